The van der Waals surface area contributed by atoms with E-state index >= 15 is 0 Å². The minimum atomic E-state index is -0.109. The van der Waals surface area contributed by atoms with E-state index in [2.05, 4.69) is 24.2 Å². The van der Waals surface area contributed by atoms with Crippen LogP contribution >= 0.6 is 23.5 Å². The van der Waals surface area contributed by atoms with Crippen molar-refractivity contribution in [3.63, 3.8) is 0 Å². The van der Waals surface area contributed by atoms with E-state index < -0.39 is 0 Å². The van der Waals surface area contributed by atoms with Gasteiger partial charge in [0.15, 0.2) is 0 Å². The topological polar surface area (TPSA) is 66.8 Å². The average molecular weight is 381 g/mol. The Morgan fingerprint density at radius 1 is 1.32 bits per heavy atom. The third-order valence-corrected chi connectivity index (χ3v) is 7.17. The zero-order valence-electron chi connectivity index (χ0n) is 15.0. The van der Waals surface area contributed by atoms with Crippen LogP contribution in [0.15, 0.2) is 29.4 Å². The van der Waals surface area contributed by atoms with Crippen molar-refractivity contribution in [1.82, 2.24) is 4.90 Å². The van der Waals surface area contributed by atoms with Gasteiger partial charge in [-0.25, -0.2) is 0 Å². The molecule has 0 spiro atoms. The number of hydrogen-bond donors (Lipinski definition) is 0. The van der Waals surface area contributed by atoms with E-state index in [0.29, 0.717) is 6.54 Å². The second-order valence-electron chi connectivity index (χ2n) is 6.21. The number of Topliss-reactive ketones (excluding diaryl/α,β-unsaturated/α-hetero) is 1. The van der Waals surface area contributed by atoms with Crippen molar-refractivity contribution in [1.29, 1.82) is 0 Å². The van der Waals surface area contributed by atoms with Crippen molar-refractivity contribution >= 4 is 35.2 Å². The van der Waals surface area contributed by atoms with Crippen molar-refractivity contribution in [3.8, 4) is 0 Å². The molecule has 0 radical (unpaired) electrons. The molecule has 7 heteroatoms. The fourth-order valence-corrected chi connectivity index (χ4v) is 5.15. The lowest BCUT2D eigenvalue weighted by atomic mass is 10.1. The molecule has 1 aliphatic rings. The molecule has 0 saturated carbocycles. The van der Waals surface area contributed by atoms with Crippen molar-refractivity contribution in [3.05, 3.63) is 40.3 Å². The van der Waals surface area contributed by atoms with Gasteiger partial charge in [-0.1, -0.05) is 29.4 Å². The molecule has 1 heterocycles. The molecular weight excluding hydrogens is 356 g/mol. The van der Waals surface area contributed by atoms with Gasteiger partial charge in [0, 0.05) is 11.8 Å². The highest BCUT2D eigenvalue weighted by Gasteiger charge is 2.38. The fourth-order valence-electron chi connectivity index (χ4n) is 2.72. The zero-order chi connectivity index (χ0) is 18.6. The summed E-state index contributed by atoms with van der Waals surface area (Å²) in [5, 5.41) is 2.90. The van der Waals surface area contributed by atoms with Crippen LogP contribution in [-0.4, -0.2) is 40.2 Å². The number of ketones is 1. The molecule has 0 aliphatic carbocycles. The third kappa shape index (κ3) is 4.85. The standard InChI is InChI=1S/C18H24N2O3S2/c1-11(21)12(2)24-13(3)15-5-7-16(8-6-15)18-20(10-9-19-23)17(22)14(4)25-18/h5-8,12-14,18H,9-10H2,1-4H3. The molecule has 0 bridgehead atoms. The lowest BCUT2D eigenvalue weighted by molar-refractivity contribution is -0.129. The molecule has 1 aromatic rings. The Labute approximate surface area is 157 Å². The first-order chi connectivity index (χ1) is 11.8. The van der Waals surface area contributed by atoms with Crippen LogP contribution in [0.1, 0.15) is 49.4 Å². The molecular formula is C18H24N2O3S2. The number of rotatable bonds is 8. The Kier molecular flexibility index (Phi) is 7.07. The van der Waals surface area contributed by atoms with Gasteiger partial charge in [-0.2, -0.15) is 4.91 Å². The van der Waals surface area contributed by atoms with Crippen LogP contribution in [0.2, 0.25) is 0 Å². The van der Waals surface area contributed by atoms with E-state index in [1.807, 2.05) is 26.0 Å². The molecule has 136 valence electrons. The number of carbonyl (C=O) groups excluding carboxylic acids is 2. The molecule has 1 aromatic carbocycles. The van der Waals surface area contributed by atoms with Crippen LogP contribution < -0.4 is 0 Å². The normalized spacial score (nSPS) is 22.7. The molecule has 25 heavy (non-hydrogen) atoms. The Hall–Kier alpha value is -1.34. The predicted molar refractivity (Wildman–Crippen MR) is 105 cm³/mol. The van der Waals surface area contributed by atoms with Crippen molar-refractivity contribution < 1.29 is 9.59 Å². The summed E-state index contributed by atoms with van der Waals surface area (Å²) in [7, 11) is 0. The van der Waals surface area contributed by atoms with Gasteiger partial charge in [0.2, 0.25) is 5.91 Å². The lowest BCUT2D eigenvalue weighted by Crippen LogP contribution is -2.32. The maximum atomic E-state index is 12.3. The van der Waals surface area contributed by atoms with Crippen molar-refractivity contribution in [2.24, 2.45) is 5.18 Å². The van der Waals surface area contributed by atoms with Gasteiger partial charge in [-0.3, -0.25) is 9.59 Å². The molecule has 4 atom stereocenters. The van der Waals surface area contributed by atoms with E-state index in [1.165, 1.54) is 0 Å². The van der Waals surface area contributed by atoms with Crippen LogP contribution in [0.3, 0.4) is 0 Å². The summed E-state index contributed by atoms with van der Waals surface area (Å²) in [5.41, 5.74) is 2.21. The monoisotopic (exact) mass is 380 g/mol. The second kappa shape index (κ2) is 8.85. The molecule has 2 rings (SSSR count). The number of nitroso groups, excluding NO2 is 1. The van der Waals surface area contributed by atoms with E-state index in [0.717, 1.165) is 11.1 Å². The van der Waals surface area contributed by atoms with Gasteiger partial charge in [0.05, 0.1) is 17.0 Å². The molecule has 1 amide bonds. The first kappa shape index (κ1) is 20.0. The highest BCUT2D eigenvalue weighted by Crippen LogP contribution is 2.43. The van der Waals surface area contributed by atoms with E-state index in [-0.39, 0.29) is 39.4 Å². The zero-order valence-corrected chi connectivity index (χ0v) is 16.6. The minimum Gasteiger partial charge on any atom is -0.324 e. The van der Waals surface area contributed by atoms with Gasteiger partial charge < -0.3 is 4.90 Å². The molecule has 1 aliphatic heterocycles. The van der Waals surface area contributed by atoms with Gasteiger partial charge in [0.1, 0.15) is 11.2 Å². The number of amides is 1. The number of nitrogens with zero attached hydrogens (tertiary/aromatic N) is 2. The summed E-state index contributed by atoms with van der Waals surface area (Å²) < 4.78 is 0. The molecule has 1 saturated heterocycles. The second-order valence-corrected chi connectivity index (χ2v) is 9.33. The Morgan fingerprint density at radius 3 is 2.52 bits per heavy atom. The number of thioether (sulfide) groups is 2. The van der Waals surface area contributed by atoms with Gasteiger partial charge in [0.25, 0.3) is 0 Å². The van der Waals surface area contributed by atoms with Crippen LogP contribution in [0.5, 0.6) is 0 Å². The maximum Gasteiger partial charge on any atom is 0.236 e. The summed E-state index contributed by atoms with van der Waals surface area (Å²) in [5.74, 6) is 0.240. The van der Waals surface area contributed by atoms with Gasteiger partial charge >= 0.3 is 0 Å². The van der Waals surface area contributed by atoms with Crippen LogP contribution in [0, 0.1) is 4.91 Å². The smallest absolute Gasteiger partial charge is 0.236 e. The molecule has 4 unspecified atom stereocenters. The van der Waals surface area contributed by atoms with E-state index in [1.54, 1.807) is 35.3 Å². The summed E-state index contributed by atoms with van der Waals surface area (Å²) in [4.78, 5) is 35.9. The minimum absolute atomic E-state index is 0.0233. The number of hydrogen-bond acceptors (Lipinski definition) is 6. The fraction of sp³-hybridized carbons (Fsp3) is 0.556. The lowest BCUT2D eigenvalue weighted by Gasteiger charge is -2.23. The van der Waals surface area contributed by atoms with E-state index in [9.17, 15) is 14.5 Å². The quantitative estimate of drug-likeness (QED) is 0.633. The predicted octanol–water partition coefficient (Wildman–Crippen LogP) is 4.19. The highest BCUT2D eigenvalue weighted by atomic mass is 32.2. The molecule has 5 nitrogen and oxygen atoms in total. The molecule has 0 N–H and O–H groups in total. The summed E-state index contributed by atoms with van der Waals surface area (Å²) in [6.45, 7) is 8.01. The van der Waals surface area contributed by atoms with Crippen LogP contribution in [-0.2, 0) is 9.59 Å². The van der Waals surface area contributed by atoms with Crippen LogP contribution in [0.4, 0.5) is 0 Å². The Balaban J connectivity index is 2.11. The van der Waals surface area contributed by atoms with Gasteiger partial charge in [-0.15, -0.1) is 23.5 Å². The number of carbonyl (C=O) groups is 2. The molecule has 0 aromatic heterocycles. The largest absolute Gasteiger partial charge is 0.324 e. The summed E-state index contributed by atoms with van der Waals surface area (Å²) in [6, 6.07) is 8.19. The first-order valence-corrected chi connectivity index (χ1v) is 10.2. The van der Waals surface area contributed by atoms with Gasteiger partial charge in [-0.05, 0) is 38.8 Å². The SMILES string of the molecule is CC(=O)C(C)SC(C)c1ccc(C2SC(C)C(=O)N2CCN=O)cc1. The average Bonchev–Trinajstić information content (AvgIpc) is 2.87. The molecule has 1 fully saturated rings. The van der Waals surface area contributed by atoms with E-state index in [4.69, 9.17) is 0 Å². The maximum absolute atomic E-state index is 12.3. The van der Waals surface area contributed by atoms with Crippen molar-refractivity contribution in [2.75, 3.05) is 13.1 Å². The third-order valence-electron chi connectivity index (χ3n) is 4.35. The highest BCUT2D eigenvalue weighted by molar-refractivity contribution is 8.01. The number of benzene rings is 1. The first-order valence-electron chi connectivity index (χ1n) is 8.36. The Bertz CT molecular complexity index is 636. The summed E-state index contributed by atoms with van der Waals surface area (Å²) in [6.07, 6.45) is 0. The summed E-state index contributed by atoms with van der Waals surface area (Å²) >= 11 is 3.24. The Morgan fingerprint density at radius 2 is 1.96 bits per heavy atom. The van der Waals surface area contributed by atoms with Crippen LogP contribution in [0.25, 0.3) is 0 Å². The van der Waals surface area contributed by atoms with Crippen molar-refractivity contribution in [2.45, 2.75) is 48.8 Å².